The summed E-state index contributed by atoms with van der Waals surface area (Å²) in [5.41, 5.74) is 2.55. The molecule has 0 aliphatic heterocycles. The maximum Gasteiger partial charge on any atom is 0.232 e. The van der Waals surface area contributed by atoms with Crippen molar-refractivity contribution in [1.29, 1.82) is 5.26 Å². The first-order chi connectivity index (χ1) is 10.6. The van der Waals surface area contributed by atoms with Gasteiger partial charge < -0.3 is 5.32 Å². The molecule has 0 saturated heterocycles. The quantitative estimate of drug-likeness (QED) is 0.865. The van der Waals surface area contributed by atoms with Crippen LogP contribution in [0.2, 0.25) is 0 Å². The Labute approximate surface area is 135 Å². The van der Waals surface area contributed by atoms with E-state index in [1.54, 1.807) is 0 Å². The van der Waals surface area contributed by atoms with Crippen LogP contribution in [0.15, 0.2) is 30.3 Å². The van der Waals surface area contributed by atoms with Crippen LogP contribution >= 0.6 is 11.3 Å². The standard InChI is InChI=1S/C18H20N2OS/c1-4-8-15(14-9-6-5-7-10-14)17(21)20-18-16(11-19)12(2)13(3)22-18/h5-7,9-10,15H,4,8H2,1-3H3,(H,20,21). The van der Waals surface area contributed by atoms with Gasteiger partial charge in [-0.2, -0.15) is 5.26 Å². The molecule has 114 valence electrons. The first-order valence-corrected chi connectivity index (χ1v) is 8.26. The molecule has 22 heavy (non-hydrogen) atoms. The highest BCUT2D eigenvalue weighted by Gasteiger charge is 2.22. The van der Waals surface area contributed by atoms with E-state index in [0.717, 1.165) is 28.8 Å². The maximum absolute atomic E-state index is 12.7. The minimum atomic E-state index is -0.180. The summed E-state index contributed by atoms with van der Waals surface area (Å²) >= 11 is 1.47. The molecule has 0 aliphatic rings. The molecule has 0 saturated carbocycles. The van der Waals surface area contributed by atoms with E-state index >= 15 is 0 Å². The van der Waals surface area contributed by atoms with Gasteiger partial charge >= 0.3 is 0 Å². The van der Waals surface area contributed by atoms with Gasteiger partial charge in [0, 0.05) is 4.88 Å². The normalized spacial score (nSPS) is 11.7. The van der Waals surface area contributed by atoms with E-state index in [2.05, 4.69) is 18.3 Å². The van der Waals surface area contributed by atoms with Gasteiger partial charge in [-0.05, 0) is 31.4 Å². The lowest BCUT2D eigenvalue weighted by atomic mass is 9.93. The summed E-state index contributed by atoms with van der Waals surface area (Å²) in [7, 11) is 0. The fourth-order valence-electron chi connectivity index (χ4n) is 2.47. The van der Waals surface area contributed by atoms with Crippen molar-refractivity contribution in [3.63, 3.8) is 0 Å². The number of amides is 1. The molecule has 3 nitrogen and oxygen atoms in total. The number of benzene rings is 1. The monoisotopic (exact) mass is 312 g/mol. The highest BCUT2D eigenvalue weighted by molar-refractivity contribution is 7.16. The van der Waals surface area contributed by atoms with Gasteiger partial charge in [0.25, 0.3) is 0 Å². The lowest BCUT2D eigenvalue weighted by Crippen LogP contribution is -2.21. The number of nitrogens with zero attached hydrogens (tertiary/aromatic N) is 1. The van der Waals surface area contributed by atoms with Crippen molar-refractivity contribution in [3.05, 3.63) is 51.9 Å². The Morgan fingerprint density at radius 3 is 2.59 bits per heavy atom. The summed E-state index contributed by atoms with van der Waals surface area (Å²) in [4.78, 5) is 13.7. The van der Waals surface area contributed by atoms with Crippen molar-refractivity contribution < 1.29 is 4.79 Å². The molecule has 0 aliphatic carbocycles. The molecule has 1 heterocycles. The topological polar surface area (TPSA) is 52.9 Å². The summed E-state index contributed by atoms with van der Waals surface area (Å²) in [6.45, 7) is 5.96. The molecule has 1 aromatic heterocycles. The molecule has 0 fully saturated rings. The number of thiophene rings is 1. The summed E-state index contributed by atoms with van der Waals surface area (Å²) in [5.74, 6) is -0.216. The number of carbonyl (C=O) groups is 1. The molecule has 2 rings (SSSR count). The van der Waals surface area contributed by atoms with Crippen LogP contribution in [0.3, 0.4) is 0 Å². The second kappa shape index (κ2) is 7.24. The lowest BCUT2D eigenvalue weighted by Gasteiger charge is -2.16. The van der Waals surface area contributed by atoms with Crippen molar-refractivity contribution in [1.82, 2.24) is 0 Å². The third-order valence-corrected chi connectivity index (χ3v) is 4.95. The molecule has 4 heteroatoms. The fraction of sp³-hybridized carbons (Fsp3) is 0.333. The SMILES string of the molecule is CCCC(C(=O)Nc1sc(C)c(C)c1C#N)c1ccccc1. The summed E-state index contributed by atoms with van der Waals surface area (Å²) < 4.78 is 0. The average molecular weight is 312 g/mol. The molecule has 1 atom stereocenters. The van der Waals surface area contributed by atoms with Gasteiger partial charge in [0.1, 0.15) is 11.1 Å². The number of hydrogen-bond donors (Lipinski definition) is 1. The van der Waals surface area contributed by atoms with E-state index in [1.165, 1.54) is 11.3 Å². The smallest absolute Gasteiger partial charge is 0.232 e. The molecule has 0 spiro atoms. The molecule has 1 N–H and O–H groups in total. The van der Waals surface area contributed by atoms with Crippen LogP contribution < -0.4 is 5.32 Å². The van der Waals surface area contributed by atoms with E-state index < -0.39 is 0 Å². The van der Waals surface area contributed by atoms with Gasteiger partial charge in [0.05, 0.1) is 11.5 Å². The zero-order chi connectivity index (χ0) is 16.1. The molecular formula is C18H20N2OS. The lowest BCUT2D eigenvalue weighted by molar-refractivity contribution is -0.117. The van der Waals surface area contributed by atoms with Crippen LogP contribution in [0.25, 0.3) is 0 Å². The molecule has 0 bridgehead atoms. The fourth-order valence-corrected chi connectivity index (χ4v) is 3.49. The van der Waals surface area contributed by atoms with E-state index in [4.69, 9.17) is 0 Å². The molecule has 2 aromatic rings. The molecule has 1 amide bonds. The Morgan fingerprint density at radius 1 is 1.32 bits per heavy atom. The van der Waals surface area contributed by atoms with Gasteiger partial charge in [-0.1, -0.05) is 43.7 Å². The largest absolute Gasteiger partial charge is 0.316 e. The zero-order valence-electron chi connectivity index (χ0n) is 13.1. The highest BCUT2D eigenvalue weighted by atomic mass is 32.1. The second-order valence-electron chi connectivity index (χ2n) is 5.34. The van der Waals surface area contributed by atoms with Crippen molar-refractivity contribution in [2.45, 2.75) is 39.5 Å². The molecular weight excluding hydrogens is 292 g/mol. The van der Waals surface area contributed by atoms with Crippen molar-refractivity contribution in [2.24, 2.45) is 0 Å². The van der Waals surface area contributed by atoms with E-state index in [9.17, 15) is 10.1 Å². The molecule has 1 aromatic carbocycles. The second-order valence-corrected chi connectivity index (χ2v) is 6.57. The van der Waals surface area contributed by atoms with E-state index in [1.807, 2.05) is 44.2 Å². The van der Waals surface area contributed by atoms with Gasteiger partial charge in [-0.15, -0.1) is 11.3 Å². The number of anilines is 1. The maximum atomic E-state index is 12.7. The van der Waals surface area contributed by atoms with Crippen LogP contribution in [0.5, 0.6) is 0 Å². The van der Waals surface area contributed by atoms with Gasteiger partial charge in [-0.3, -0.25) is 4.79 Å². The highest BCUT2D eigenvalue weighted by Crippen LogP contribution is 2.33. The van der Waals surface area contributed by atoms with Gasteiger partial charge in [0.2, 0.25) is 5.91 Å². The van der Waals surface area contributed by atoms with Crippen LogP contribution in [0.1, 0.15) is 47.3 Å². The number of carbonyl (C=O) groups excluding carboxylic acids is 1. The Bertz CT molecular complexity index is 698. The zero-order valence-corrected chi connectivity index (χ0v) is 14.0. The molecule has 0 radical (unpaired) electrons. The molecule has 1 unspecified atom stereocenters. The first kappa shape index (κ1) is 16.3. The van der Waals surface area contributed by atoms with Gasteiger partial charge in [-0.25, -0.2) is 0 Å². The summed E-state index contributed by atoms with van der Waals surface area (Å²) in [5, 5.41) is 12.9. The summed E-state index contributed by atoms with van der Waals surface area (Å²) in [6, 6.07) is 12.0. The third-order valence-electron chi connectivity index (χ3n) is 3.83. The number of nitriles is 1. The number of rotatable bonds is 5. The number of nitrogens with one attached hydrogen (secondary N) is 1. The number of hydrogen-bond acceptors (Lipinski definition) is 3. The van der Waals surface area contributed by atoms with Gasteiger partial charge in [0.15, 0.2) is 0 Å². The van der Waals surface area contributed by atoms with Crippen LogP contribution in [-0.2, 0) is 4.79 Å². The van der Waals surface area contributed by atoms with Crippen LogP contribution in [-0.4, -0.2) is 5.91 Å². The predicted molar refractivity (Wildman–Crippen MR) is 91.2 cm³/mol. The Hall–Kier alpha value is -2.12. The Kier molecular flexibility index (Phi) is 5.35. The predicted octanol–water partition coefficient (Wildman–Crippen LogP) is 4.76. The van der Waals surface area contributed by atoms with E-state index in [-0.39, 0.29) is 11.8 Å². The summed E-state index contributed by atoms with van der Waals surface area (Å²) in [6.07, 6.45) is 1.72. The first-order valence-electron chi connectivity index (χ1n) is 7.44. The van der Waals surface area contributed by atoms with Crippen LogP contribution in [0.4, 0.5) is 5.00 Å². The minimum absolute atomic E-state index is 0.0363. The number of aryl methyl sites for hydroxylation is 1. The van der Waals surface area contributed by atoms with Crippen molar-refractivity contribution in [2.75, 3.05) is 5.32 Å². The Balaban J connectivity index is 2.26. The third kappa shape index (κ3) is 3.37. The van der Waals surface area contributed by atoms with Crippen molar-refractivity contribution in [3.8, 4) is 6.07 Å². The Morgan fingerprint density at radius 2 is 2.00 bits per heavy atom. The average Bonchev–Trinajstić information content (AvgIpc) is 2.79. The van der Waals surface area contributed by atoms with Crippen LogP contribution in [0, 0.1) is 25.2 Å². The van der Waals surface area contributed by atoms with E-state index in [0.29, 0.717) is 10.6 Å². The minimum Gasteiger partial charge on any atom is -0.316 e. The van der Waals surface area contributed by atoms with Crippen molar-refractivity contribution >= 4 is 22.2 Å².